The van der Waals surface area contributed by atoms with E-state index in [4.69, 9.17) is 0 Å². The van der Waals surface area contributed by atoms with Gasteiger partial charge in [-0.2, -0.15) is 4.99 Å². The Balaban J connectivity index is 1.68. The molecule has 25 heavy (non-hydrogen) atoms. The Morgan fingerprint density at radius 2 is 2.12 bits per heavy atom. The van der Waals surface area contributed by atoms with Crippen LogP contribution in [0.4, 0.5) is 5.13 Å². The number of thiazole rings is 1. The van der Waals surface area contributed by atoms with Gasteiger partial charge in [-0.05, 0) is 42.3 Å². The van der Waals surface area contributed by atoms with Gasteiger partial charge in [-0.3, -0.25) is 14.7 Å². The average molecular weight is 371 g/mol. The molecule has 2 aliphatic rings. The highest BCUT2D eigenvalue weighted by atomic mass is 32.2. The van der Waals surface area contributed by atoms with Crippen LogP contribution in [0.25, 0.3) is 6.08 Å². The number of aliphatic imine (C=N–C) groups is 1. The monoisotopic (exact) mass is 370 g/mol. The summed E-state index contributed by atoms with van der Waals surface area (Å²) in [5, 5.41) is 3.35. The van der Waals surface area contributed by atoms with Gasteiger partial charge in [0.05, 0.1) is 4.91 Å². The molecular formula is C18H18N4OS2. The summed E-state index contributed by atoms with van der Waals surface area (Å²) in [5.74, 6) is 0.0519. The van der Waals surface area contributed by atoms with Crippen LogP contribution in [0.1, 0.15) is 37.7 Å². The Morgan fingerprint density at radius 3 is 2.84 bits per heavy atom. The fraction of sp³-hybridized carbons (Fsp3) is 0.333. The van der Waals surface area contributed by atoms with Crippen LogP contribution in [0.15, 0.2) is 46.0 Å². The lowest BCUT2D eigenvalue weighted by Gasteiger charge is -2.30. The number of carbonyl (C=O) groups excluding carboxylic acids is 1. The Kier molecular flexibility index (Phi) is 4.94. The molecule has 1 saturated carbocycles. The minimum Gasteiger partial charge on any atom is -0.283 e. The van der Waals surface area contributed by atoms with E-state index in [1.807, 2.05) is 28.5 Å². The first-order valence-corrected chi connectivity index (χ1v) is 10.1. The molecule has 128 valence electrons. The molecule has 0 spiro atoms. The van der Waals surface area contributed by atoms with E-state index >= 15 is 0 Å². The third-order valence-corrected chi connectivity index (χ3v) is 6.02. The summed E-state index contributed by atoms with van der Waals surface area (Å²) in [6.07, 6.45) is 12.8. The number of hydrogen-bond donors (Lipinski definition) is 0. The van der Waals surface area contributed by atoms with Crippen LogP contribution < -0.4 is 0 Å². The molecule has 4 rings (SSSR count). The SMILES string of the molecule is O=C1/C(=C/c2cccnc2)S/C(=N/c2nccs2)N1C1CCCCC1. The van der Waals surface area contributed by atoms with Gasteiger partial charge in [0.25, 0.3) is 5.91 Å². The minimum atomic E-state index is 0.0519. The Bertz CT molecular complexity index is 796. The Hall–Kier alpha value is -1.99. The van der Waals surface area contributed by atoms with E-state index in [1.165, 1.54) is 42.4 Å². The lowest BCUT2D eigenvalue weighted by molar-refractivity contribution is -0.124. The van der Waals surface area contributed by atoms with Crippen LogP contribution in [-0.4, -0.2) is 32.0 Å². The molecule has 0 bridgehead atoms. The second-order valence-electron chi connectivity index (χ2n) is 6.07. The molecule has 0 radical (unpaired) electrons. The van der Waals surface area contributed by atoms with E-state index in [2.05, 4.69) is 15.0 Å². The second kappa shape index (κ2) is 7.49. The quantitative estimate of drug-likeness (QED) is 0.748. The number of hydrogen-bond acceptors (Lipinski definition) is 6. The van der Waals surface area contributed by atoms with Crippen molar-refractivity contribution in [3.05, 3.63) is 46.6 Å². The van der Waals surface area contributed by atoms with Gasteiger partial charge in [0.2, 0.25) is 5.13 Å². The number of pyridine rings is 1. The van der Waals surface area contributed by atoms with Crippen LogP contribution in [0, 0.1) is 0 Å². The van der Waals surface area contributed by atoms with Crippen LogP contribution in [0.2, 0.25) is 0 Å². The van der Waals surface area contributed by atoms with E-state index in [1.54, 1.807) is 18.6 Å². The summed E-state index contributed by atoms with van der Waals surface area (Å²) in [6.45, 7) is 0. The largest absolute Gasteiger partial charge is 0.283 e. The minimum absolute atomic E-state index is 0.0519. The standard InChI is InChI=1S/C18H18N4OS2/c23-16-15(11-13-5-4-8-19-12-13)25-18(21-17-20-9-10-24-17)22(16)14-6-2-1-3-7-14/h4-5,8-12,14H,1-3,6-7H2/b15-11-,21-18+. The predicted octanol–water partition coefficient (Wildman–Crippen LogP) is 4.47. The van der Waals surface area contributed by atoms with Gasteiger partial charge in [-0.1, -0.05) is 25.3 Å². The average Bonchev–Trinajstić information content (AvgIpc) is 3.26. The molecule has 2 aromatic rings. The van der Waals surface area contributed by atoms with Crippen molar-refractivity contribution in [1.82, 2.24) is 14.9 Å². The molecule has 1 aliphatic carbocycles. The first-order chi connectivity index (χ1) is 12.3. The summed E-state index contributed by atoms with van der Waals surface area (Å²) < 4.78 is 0. The zero-order valence-corrected chi connectivity index (χ0v) is 15.3. The molecule has 0 atom stereocenters. The highest BCUT2D eigenvalue weighted by Crippen LogP contribution is 2.38. The maximum absolute atomic E-state index is 13.1. The van der Waals surface area contributed by atoms with E-state index in [0.717, 1.165) is 23.6 Å². The molecule has 1 amide bonds. The van der Waals surface area contributed by atoms with Gasteiger partial charge in [0.1, 0.15) is 0 Å². The maximum Gasteiger partial charge on any atom is 0.267 e. The molecule has 1 saturated heterocycles. The fourth-order valence-corrected chi connectivity index (χ4v) is 4.79. The molecule has 5 nitrogen and oxygen atoms in total. The first kappa shape index (κ1) is 16.5. The van der Waals surface area contributed by atoms with Crippen molar-refractivity contribution in [1.29, 1.82) is 0 Å². The second-order valence-corrected chi connectivity index (χ2v) is 7.96. The number of aromatic nitrogens is 2. The Labute approximate surface area is 154 Å². The van der Waals surface area contributed by atoms with Crippen molar-refractivity contribution in [3.8, 4) is 0 Å². The van der Waals surface area contributed by atoms with Gasteiger partial charge in [-0.15, -0.1) is 11.3 Å². The van der Waals surface area contributed by atoms with Crippen LogP contribution in [0.5, 0.6) is 0 Å². The van der Waals surface area contributed by atoms with Gasteiger partial charge in [-0.25, -0.2) is 4.98 Å². The van der Waals surface area contributed by atoms with Crippen LogP contribution in [0.3, 0.4) is 0 Å². The van der Waals surface area contributed by atoms with Gasteiger partial charge in [0, 0.05) is 30.0 Å². The fourth-order valence-electron chi connectivity index (χ4n) is 3.19. The molecular weight excluding hydrogens is 352 g/mol. The highest BCUT2D eigenvalue weighted by Gasteiger charge is 2.38. The van der Waals surface area contributed by atoms with Gasteiger partial charge in [0.15, 0.2) is 5.17 Å². The summed E-state index contributed by atoms with van der Waals surface area (Å²) in [7, 11) is 0. The van der Waals surface area contributed by atoms with Gasteiger partial charge >= 0.3 is 0 Å². The molecule has 0 N–H and O–H groups in total. The first-order valence-electron chi connectivity index (χ1n) is 8.42. The zero-order chi connectivity index (χ0) is 17.1. The number of thioether (sulfide) groups is 1. The molecule has 0 aromatic carbocycles. The van der Waals surface area contributed by atoms with E-state index in [0.29, 0.717) is 10.0 Å². The Morgan fingerprint density at radius 1 is 1.24 bits per heavy atom. The number of amides is 1. The van der Waals surface area contributed by atoms with Crippen LogP contribution in [-0.2, 0) is 4.79 Å². The number of carbonyl (C=O) groups is 1. The van der Waals surface area contributed by atoms with Crippen molar-refractivity contribution < 1.29 is 4.79 Å². The molecule has 7 heteroatoms. The maximum atomic E-state index is 13.1. The normalized spacial score (nSPS) is 22.2. The topological polar surface area (TPSA) is 58.5 Å². The number of amidine groups is 1. The molecule has 2 fully saturated rings. The lowest BCUT2D eigenvalue weighted by Crippen LogP contribution is -2.40. The highest BCUT2D eigenvalue weighted by molar-refractivity contribution is 8.18. The van der Waals surface area contributed by atoms with E-state index in [-0.39, 0.29) is 11.9 Å². The molecule has 3 heterocycles. The third-order valence-electron chi connectivity index (χ3n) is 4.37. The van der Waals surface area contributed by atoms with Crippen molar-refractivity contribution in [2.24, 2.45) is 4.99 Å². The van der Waals surface area contributed by atoms with Crippen molar-refractivity contribution in [2.45, 2.75) is 38.1 Å². The summed E-state index contributed by atoms with van der Waals surface area (Å²) in [6, 6.07) is 4.07. The van der Waals surface area contributed by atoms with Crippen molar-refractivity contribution >= 4 is 45.4 Å². The summed E-state index contributed by atoms with van der Waals surface area (Å²) >= 11 is 2.93. The van der Waals surface area contributed by atoms with Crippen molar-refractivity contribution in [2.75, 3.05) is 0 Å². The third kappa shape index (κ3) is 3.67. The van der Waals surface area contributed by atoms with Crippen LogP contribution >= 0.6 is 23.1 Å². The smallest absolute Gasteiger partial charge is 0.267 e. The number of nitrogens with zero attached hydrogens (tertiary/aromatic N) is 4. The zero-order valence-electron chi connectivity index (χ0n) is 13.7. The summed E-state index contributed by atoms with van der Waals surface area (Å²) in [5.41, 5.74) is 0.928. The number of rotatable bonds is 3. The lowest BCUT2D eigenvalue weighted by atomic mass is 9.94. The van der Waals surface area contributed by atoms with Gasteiger partial charge < -0.3 is 0 Å². The van der Waals surface area contributed by atoms with E-state index in [9.17, 15) is 4.79 Å². The molecule has 1 aliphatic heterocycles. The van der Waals surface area contributed by atoms with Crippen molar-refractivity contribution in [3.63, 3.8) is 0 Å². The summed E-state index contributed by atoms with van der Waals surface area (Å²) in [4.78, 5) is 28.7. The van der Waals surface area contributed by atoms with E-state index < -0.39 is 0 Å². The molecule has 2 aromatic heterocycles. The molecule has 0 unspecified atom stereocenters. The predicted molar refractivity (Wildman–Crippen MR) is 103 cm³/mol.